The van der Waals surface area contributed by atoms with Crippen LogP contribution in [0.15, 0.2) is 12.2 Å². The number of allylic oxidation sites excluding steroid dienone is 2. The first-order valence-corrected chi connectivity index (χ1v) is 9.24. The van der Waals surface area contributed by atoms with Gasteiger partial charge in [-0.1, -0.05) is 12.2 Å². The Bertz CT molecular complexity index is 690. The molecule has 1 aliphatic heterocycles. The lowest BCUT2D eigenvalue weighted by Crippen LogP contribution is -2.38. The second-order valence-electron chi connectivity index (χ2n) is 6.56. The smallest absolute Gasteiger partial charge is 0.246 e. The number of aromatic nitrogens is 1. The van der Waals surface area contributed by atoms with Crippen molar-refractivity contribution in [2.45, 2.75) is 38.5 Å². The third-order valence-electron chi connectivity index (χ3n) is 4.99. The van der Waals surface area contributed by atoms with E-state index in [2.05, 4.69) is 10.3 Å². The van der Waals surface area contributed by atoms with Crippen molar-refractivity contribution in [3.63, 3.8) is 0 Å². The van der Waals surface area contributed by atoms with E-state index in [0.717, 1.165) is 36.3 Å². The highest BCUT2D eigenvalue weighted by Gasteiger charge is 2.47. The van der Waals surface area contributed by atoms with Crippen LogP contribution in [0.1, 0.15) is 36.3 Å². The molecule has 1 fully saturated rings. The number of anilines is 1. The van der Waals surface area contributed by atoms with Crippen molar-refractivity contribution in [3.8, 4) is 0 Å². The Kier molecular flexibility index (Phi) is 3.96. The second-order valence-corrected chi connectivity index (χ2v) is 7.65. The van der Waals surface area contributed by atoms with E-state index in [1.807, 2.05) is 12.2 Å². The Morgan fingerprint density at radius 1 is 1.17 bits per heavy atom. The Labute approximate surface area is 143 Å². The van der Waals surface area contributed by atoms with Gasteiger partial charge in [-0.15, -0.1) is 11.3 Å². The fourth-order valence-corrected chi connectivity index (χ4v) is 4.80. The summed E-state index contributed by atoms with van der Waals surface area (Å²) in [5.41, 5.74) is 1.08. The Morgan fingerprint density at radius 3 is 2.50 bits per heavy atom. The van der Waals surface area contributed by atoms with Crippen molar-refractivity contribution in [1.29, 1.82) is 0 Å². The van der Waals surface area contributed by atoms with Crippen molar-refractivity contribution in [1.82, 2.24) is 9.88 Å². The third kappa shape index (κ3) is 2.66. The van der Waals surface area contributed by atoms with Crippen molar-refractivity contribution >= 4 is 34.2 Å². The van der Waals surface area contributed by atoms with E-state index >= 15 is 0 Å². The van der Waals surface area contributed by atoms with Crippen molar-refractivity contribution in [2.75, 3.05) is 11.9 Å². The standard InChI is InChI=1S/C17H19N3O3S/c21-14(19-17-18-12-7-3-4-8-13(12)24-17)9-20-15(22)10-5-1-2-6-11(10)16(20)23/h1-2,10-11H,3-9H2,(H,18,19,21)/t10-,11-/m1/s1. The zero-order valence-electron chi connectivity index (χ0n) is 13.3. The van der Waals surface area contributed by atoms with Crippen LogP contribution < -0.4 is 5.32 Å². The Balaban J connectivity index is 1.42. The minimum Gasteiger partial charge on any atom is -0.300 e. The maximum Gasteiger partial charge on any atom is 0.246 e. The fourth-order valence-electron chi connectivity index (χ4n) is 3.73. The molecule has 0 unspecified atom stereocenters. The predicted octanol–water partition coefficient (Wildman–Crippen LogP) is 1.91. The molecule has 0 radical (unpaired) electrons. The zero-order valence-corrected chi connectivity index (χ0v) is 14.1. The first-order valence-electron chi connectivity index (χ1n) is 8.42. The highest BCUT2D eigenvalue weighted by molar-refractivity contribution is 7.15. The van der Waals surface area contributed by atoms with Gasteiger partial charge in [-0.3, -0.25) is 19.3 Å². The first kappa shape index (κ1) is 15.5. The number of aryl methyl sites for hydroxylation is 2. The van der Waals surface area contributed by atoms with E-state index in [0.29, 0.717) is 18.0 Å². The van der Waals surface area contributed by atoms with Crippen molar-refractivity contribution in [3.05, 3.63) is 22.7 Å². The molecule has 2 aliphatic carbocycles. The average Bonchev–Trinajstić information content (AvgIpc) is 3.09. The summed E-state index contributed by atoms with van der Waals surface area (Å²) in [4.78, 5) is 43.8. The van der Waals surface area contributed by atoms with Crippen molar-refractivity contribution < 1.29 is 14.4 Å². The van der Waals surface area contributed by atoms with Crippen LogP contribution in [-0.2, 0) is 27.2 Å². The molecule has 2 heterocycles. The highest BCUT2D eigenvalue weighted by Crippen LogP contribution is 2.35. The van der Waals surface area contributed by atoms with Gasteiger partial charge in [-0.25, -0.2) is 4.98 Å². The van der Waals surface area contributed by atoms with Crippen LogP contribution in [0.2, 0.25) is 0 Å². The molecule has 24 heavy (non-hydrogen) atoms. The van der Waals surface area contributed by atoms with E-state index < -0.39 is 0 Å². The predicted molar refractivity (Wildman–Crippen MR) is 89.5 cm³/mol. The topological polar surface area (TPSA) is 79.4 Å². The zero-order chi connectivity index (χ0) is 16.7. The molecule has 1 aromatic rings. The SMILES string of the molecule is O=C(CN1C(=O)[C@@H]2CC=CC[C@H]2C1=O)Nc1nc2c(s1)CCCC2. The number of hydrogen-bond donors (Lipinski definition) is 1. The lowest BCUT2D eigenvalue weighted by atomic mass is 9.85. The molecule has 0 spiro atoms. The molecule has 6 nitrogen and oxygen atoms in total. The molecular weight excluding hydrogens is 326 g/mol. The van der Waals surface area contributed by atoms with E-state index in [1.54, 1.807) is 0 Å². The van der Waals surface area contributed by atoms with Crippen LogP contribution in [0, 0.1) is 11.8 Å². The molecule has 3 aliphatic rings. The van der Waals surface area contributed by atoms with Crippen LogP contribution >= 0.6 is 11.3 Å². The molecule has 1 N–H and O–H groups in total. The molecule has 7 heteroatoms. The minimum atomic E-state index is -0.352. The normalized spacial score (nSPS) is 25.6. The molecule has 3 amide bonds. The van der Waals surface area contributed by atoms with Gasteiger partial charge in [0.2, 0.25) is 17.7 Å². The van der Waals surface area contributed by atoms with E-state index in [9.17, 15) is 14.4 Å². The number of hydrogen-bond acceptors (Lipinski definition) is 5. The maximum atomic E-state index is 12.4. The summed E-state index contributed by atoms with van der Waals surface area (Å²) in [6.45, 7) is -0.213. The van der Waals surface area contributed by atoms with Crippen LogP contribution in [0.25, 0.3) is 0 Å². The van der Waals surface area contributed by atoms with Gasteiger partial charge >= 0.3 is 0 Å². The van der Waals surface area contributed by atoms with Crippen LogP contribution in [0.5, 0.6) is 0 Å². The number of likely N-dealkylation sites (tertiary alicyclic amines) is 1. The number of carbonyl (C=O) groups excluding carboxylic acids is 3. The van der Waals surface area contributed by atoms with Gasteiger partial charge in [0.25, 0.3) is 0 Å². The first-order chi connectivity index (χ1) is 11.6. The number of rotatable bonds is 3. The molecular formula is C17H19N3O3S. The summed E-state index contributed by atoms with van der Waals surface area (Å²) in [6, 6.07) is 0. The van der Waals surface area contributed by atoms with Crippen LogP contribution in [-0.4, -0.2) is 34.2 Å². The summed E-state index contributed by atoms with van der Waals surface area (Å²) in [5.74, 6) is -1.37. The van der Waals surface area contributed by atoms with Crippen molar-refractivity contribution in [2.24, 2.45) is 11.8 Å². The minimum absolute atomic E-state index is 0.213. The summed E-state index contributed by atoms with van der Waals surface area (Å²) in [6.07, 6.45) is 9.34. The van der Waals surface area contributed by atoms with Gasteiger partial charge in [0.05, 0.1) is 17.5 Å². The average molecular weight is 345 g/mol. The number of fused-ring (bicyclic) bond motifs is 2. The van der Waals surface area contributed by atoms with Gasteiger partial charge in [0.15, 0.2) is 5.13 Å². The molecule has 1 saturated heterocycles. The Hall–Kier alpha value is -2.02. The number of amides is 3. The second kappa shape index (κ2) is 6.12. The quantitative estimate of drug-likeness (QED) is 0.670. The van der Waals surface area contributed by atoms with Gasteiger partial charge in [-0.05, 0) is 38.5 Å². The van der Waals surface area contributed by atoms with E-state index in [4.69, 9.17) is 0 Å². The largest absolute Gasteiger partial charge is 0.300 e. The molecule has 0 saturated carbocycles. The van der Waals surface area contributed by atoms with Crippen LogP contribution in [0.3, 0.4) is 0 Å². The fraction of sp³-hybridized carbons (Fsp3) is 0.529. The summed E-state index contributed by atoms with van der Waals surface area (Å²) >= 11 is 1.50. The molecule has 2 atom stereocenters. The molecule has 126 valence electrons. The van der Waals surface area contributed by atoms with E-state index in [-0.39, 0.29) is 36.1 Å². The number of carbonyl (C=O) groups is 3. The number of nitrogens with zero attached hydrogens (tertiary/aromatic N) is 2. The number of nitrogens with one attached hydrogen (secondary N) is 1. The summed E-state index contributed by atoms with van der Waals surface area (Å²) in [7, 11) is 0. The van der Waals surface area contributed by atoms with Gasteiger partial charge < -0.3 is 5.32 Å². The lowest BCUT2D eigenvalue weighted by molar-refractivity contribution is -0.142. The molecule has 0 aromatic carbocycles. The van der Waals surface area contributed by atoms with Crippen LogP contribution in [0.4, 0.5) is 5.13 Å². The summed E-state index contributed by atoms with van der Waals surface area (Å²) < 4.78 is 0. The highest BCUT2D eigenvalue weighted by atomic mass is 32.1. The number of thiazole rings is 1. The van der Waals surface area contributed by atoms with E-state index in [1.165, 1.54) is 16.2 Å². The molecule has 1 aromatic heterocycles. The Morgan fingerprint density at radius 2 is 1.83 bits per heavy atom. The lowest BCUT2D eigenvalue weighted by Gasteiger charge is -2.14. The van der Waals surface area contributed by atoms with Gasteiger partial charge in [0, 0.05) is 4.88 Å². The summed E-state index contributed by atoms with van der Waals surface area (Å²) in [5, 5.41) is 3.33. The molecule has 0 bridgehead atoms. The van der Waals surface area contributed by atoms with Gasteiger partial charge in [-0.2, -0.15) is 0 Å². The monoisotopic (exact) mass is 345 g/mol. The maximum absolute atomic E-state index is 12.4. The number of imide groups is 1. The van der Waals surface area contributed by atoms with Gasteiger partial charge in [0.1, 0.15) is 6.54 Å². The third-order valence-corrected chi connectivity index (χ3v) is 6.07. The molecule has 4 rings (SSSR count).